The van der Waals surface area contributed by atoms with Gasteiger partial charge in [-0.3, -0.25) is 14.9 Å². The highest BCUT2D eigenvalue weighted by molar-refractivity contribution is 6.05. The first-order valence-corrected chi connectivity index (χ1v) is 8.38. The molecule has 6 heteroatoms. The molecule has 0 spiro atoms. The van der Waals surface area contributed by atoms with Crippen molar-refractivity contribution in [3.05, 3.63) is 65.7 Å². The number of nitrogens with one attached hydrogen (secondary N) is 1. The first-order chi connectivity index (χ1) is 12.9. The number of pyridine rings is 1. The standard InChI is InChI=1S/C21H18N2O4/c1-13-7-9-15(10-8-13)19-11-17(16-5-3-4-6-18(16)23-19)21(26)27-12-20(25)22-14(2)24/h3-11H,12H2,1-2H3,(H,22,24,25). The summed E-state index contributed by atoms with van der Waals surface area (Å²) in [6.07, 6.45) is 0. The monoisotopic (exact) mass is 362 g/mol. The second-order valence-electron chi connectivity index (χ2n) is 6.12. The number of nitrogens with zero attached hydrogens (tertiary/aromatic N) is 1. The van der Waals surface area contributed by atoms with Gasteiger partial charge >= 0.3 is 5.97 Å². The van der Waals surface area contributed by atoms with Crippen LogP contribution in [0.1, 0.15) is 22.8 Å². The lowest BCUT2D eigenvalue weighted by atomic mass is 10.0. The molecular weight excluding hydrogens is 344 g/mol. The molecule has 27 heavy (non-hydrogen) atoms. The highest BCUT2D eigenvalue weighted by Gasteiger charge is 2.16. The third kappa shape index (κ3) is 4.36. The Kier molecular flexibility index (Phi) is 5.26. The Bertz CT molecular complexity index is 1030. The van der Waals surface area contributed by atoms with Gasteiger partial charge in [0.05, 0.1) is 16.8 Å². The molecule has 0 fully saturated rings. The van der Waals surface area contributed by atoms with E-state index in [4.69, 9.17) is 4.74 Å². The van der Waals surface area contributed by atoms with Crippen LogP contribution in [-0.4, -0.2) is 29.4 Å². The minimum absolute atomic E-state index is 0.312. The maximum absolute atomic E-state index is 12.6. The number of amides is 2. The molecule has 3 aromatic rings. The molecule has 6 nitrogen and oxygen atoms in total. The van der Waals surface area contributed by atoms with Crippen molar-refractivity contribution in [2.45, 2.75) is 13.8 Å². The van der Waals surface area contributed by atoms with Crippen molar-refractivity contribution in [2.24, 2.45) is 0 Å². The van der Waals surface area contributed by atoms with Crippen LogP contribution in [0.5, 0.6) is 0 Å². The Morgan fingerprint density at radius 3 is 2.44 bits per heavy atom. The number of carbonyl (C=O) groups is 3. The van der Waals surface area contributed by atoms with Crippen LogP contribution in [0.2, 0.25) is 0 Å². The molecule has 2 aromatic carbocycles. The van der Waals surface area contributed by atoms with Crippen LogP contribution in [0.15, 0.2) is 54.6 Å². The number of ether oxygens (including phenoxy) is 1. The number of fused-ring (bicyclic) bond motifs is 1. The fourth-order valence-corrected chi connectivity index (χ4v) is 2.66. The van der Waals surface area contributed by atoms with E-state index < -0.39 is 24.4 Å². The van der Waals surface area contributed by atoms with Gasteiger partial charge in [-0.2, -0.15) is 0 Å². The highest BCUT2D eigenvalue weighted by Crippen LogP contribution is 2.25. The van der Waals surface area contributed by atoms with Gasteiger partial charge in [-0.05, 0) is 19.1 Å². The molecule has 0 unspecified atom stereocenters. The van der Waals surface area contributed by atoms with Gasteiger partial charge < -0.3 is 4.74 Å². The molecule has 0 aliphatic rings. The first kappa shape index (κ1) is 18.3. The Hall–Kier alpha value is -3.54. The molecule has 136 valence electrons. The predicted octanol–water partition coefficient (Wildman–Crippen LogP) is 3.03. The van der Waals surface area contributed by atoms with Crippen LogP contribution < -0.4 is 5.32 Å². The van der Waals surface area contributed by atoms with Crippen LogP contribution >= 0.6 is 0 Å². The van der Waals surface area contributed by atoms with Gasteiger partial charge in [0, 0.05) is 17.9 Å². The van der Waals surface area contributed by atoms with E-state index in [9.17, 15) is 14.4 Å². The fraction of sp³-hybridized carbons (Fsp3) is 0.143. The minimum atomic E-state index is -0.673. The van der Waals surface area contributed by atoms with Crippen LogP contribution in [0.3, 0.4) is 0 Å². The lowest BCUT2D eigenvalue weighted by molar-refractivity contribution is -0.131. The number of imide groups is 1. The van der Waals surface area contributed by atoms with Gasteiger partial charge in [0.1, 0.15) is 0 Å². The summed E-state index contributed by atoms with van der Waals surface area (Å²) in [6.45, 7) is 2.67. The molecule has 0 saturated carbocycles. The van der Waals surface area contributed by atoms with E-state index in [2.05, 4.69) is 10.3 Å². The molecule has 0 aliphatic heterocycles. The number of hydrogen-bond donors (Lipinski definition) is 1. The van der Waals surface area contributed by atoms with Crippen molar-refractivity contribution < 1.29 is 19.1 Å². The van der Waals surface area contributed by atoms with Crippen LogP contribution in [0.25, 0.3) is 22.2 Å². The number of carbonyl (C=O) groups excluding carboxylic acids is 3. The molecule has 1 N–H and O–H groups in total. The van der Waals surface area contributed by atoms with E-state index in [0.717, 1.165) is 11.1 Å². The summed E-state index contributed by atoms with van der Waals surface area (Å²) in [4.78, 5) is 39.6. The number of rotatable bonds is 4. The number of esters is 1. The highest BCUT2D eigenvalue weighted by atomic mass is 16.5. The van der Waals surface area contributed by atoms with Gasteiger partial charge in [0.15, 0.2) is 6.61 Å². The summed E-state index contributed by atoms with van der Waals surface area (Å²) in [5.41, 5.74) is 3.58. The average molecular weight is 362 g/mol. The maximum Gasteiger partial charge on any atom is 0.339 e. The van der Waals surface area contributed by atoms with E-state index >= 15 is 0 Å². The lowest BCUT2D eigenvalue weighted by Crippen LogP contribution is -2.32. The molecule has 0 atom stereocenters. The third-order valence-electron chi connectivity index (χ3n) is 3.93. The van der Waals surface area contributed by atoms with E-state index in [1.54, 1.807) is 18.2 Å². The second kappa shape index (κ2) is 7.78. The molecular formula is C21H18N2O4. The number of para-hydroxylation sites is 1. The number of aryl methyl sites for hydroxylation is 1. The van der Waals surface area contributed by atoms with Crippen molar-refractivity contribution >= 4 is 28.7 Å². The van der Waals surface area contributed by atoms with Crippen molar-refractivity contribution in [1.82, 2.24) is 10.3 Å². The van der Waals surface area contributed by atoms with E-state index in [0.29, 0.717) is 22.2 Å². The number of aromatic nitrogens is 1. The van der Waals surface area contributed by atoms with Gasteiger partial charge in [0.2, 0.25) is 5.91 Å². The molecule has 3 rings (SSSR count). The predicted molar refractivity (Wildman–Crippen MR) is 101 cm³/mol. The summed E-state index contributed by atoms with van der Waals surface area (Å²) >= 11 is 0. The Labute approximate surface area is 156 Å². The van der Waals surface area contributed by atoms with E-state index in [1.165, 1.54) is 6.92 Å². The van der Waals surface area contributed by atoms with E-state index in [-0.39, 0.29) is 0 Å². The summed E-state index contributed by atoms with van der Waals surface area (Å²) in [5, 5.41) is 2.69. The third-order valence-corrected chi connectivity index (χ3v) is 3.93. The van der Waals surface area contributed by atoms with Crippen LogP contribution in [0, 0.1) is 6.92 Å². The van der Waals surface area contributed by atoms with Crippen molar-refractivity contribution in [3.8, 4) is 11.3 Å². The fourth-order valence-electron chi connectivity index (χ4n) is 2.66. The largest absolute Gasteiger partial charge is 0.452 e. The van der Waals surface area contributed by atoms with Crippen LogP contribution in [-0.2, 0) is 14.3 Å². The Morgan fingerprint density at radius 1 is 1.04 bits per heavy atom. The molecule has 0 saturated heterocycles. The molecule has 0 aliphatic carbocycles. The molecule has 0 bridgehead atoms. The van der Waals surface area contributed by atoms with Gasteiger partial charge in [-0.25, -0.2) is 9.78 Å². The van der Waals surface area contributed by atoms with E-state index in [1.807, 2.05) is 43.3 Å². The number of hydrogen-bond acceptors (Lipinski definition) is 5. The molecule has 0 radical (unpaired) electrons. The zero-order chi connectivity index (χ0) is 19.4. The molecule has 1 aromatic heterocycles. The smallest absolute Gasteiger partial charge is 0.339 e. The second-order valence-corrected chi connectivity index (χ2v) is 6.12. The van der Waals surface area contributed by atoms with Crippen LogP contribution in [0.4, 0.5) is 0 Å². The summed E-state index contributed by atoms with van der Waals surface area (Å²) in [7, 11) is 0. The lowest BCUT2D eigenvalue weighted by Gasteiger charge is -2.10. The van der Waals surface area contributed by atoms with Crippen molar-refractivity contribution in [2.75, 3.05) is 6.61 Å². The van der Waals surface area contributed by atoms with Gasteiger partial charge in [-0.15, -0.1) is 0 Å². The Morgan fingerprint density at radius 2 is 1.74 bits per heavy atom. The topological polar surface area (TPSA) is 85.4 Å². The Balaban J connectivity index is 1.95. The zero-order valence-electron chi connectivity index (χ0n) is 15.0. The van der Waals surface area contributed by atoms with Gasteiger partial charge in [-0.1, -0.05) is 48.0 Å². The first-order valence-electron chi connectivity index (χ1n) is 8.38. The van der Waals surface area contributed by atoms with Crippen molar-refractivity contribution in [3.63, 3.8) is 0 Å². The number of benzene rings is 2. The normalized spacial score (nSPS) is 10.4. The quantitative estimate of drug-likeness (QED) is 0.721. The van der Waals surface area contributed by atoms with Gasteiger partial charge in [0.25, 0.3) is 5.91 Å². The molecule has 2 amide bonds. The average Bonchev–Trinajstić information content (AvgIpc) is 2.65. The summed E-state index contributed by atoms with van der Waals surface area (Å²) in [6, 6.07) is 16.7. The van der Waals surface area contributed by atoms with Crippen molar-refractivity contribution in [1.29, 1.82) is 0 Å². The minimum Gasteiger partial charge on any atom is -0.452 e. The molecule has 1 heterocycles. The summed E-state index contributed by atoms with van der Waals surface area (Å²) < 4.78 is 5.08. The SMILES string of the molecule is CC(=O)NC(=O)COC(=O)c1cc(-c2ccc(C)cc2)nc2ccccc12. The zero-order valence-corrected chi connectivity index (χ0v) is 15.0. The summed E-state index contributed by atoms with van der Waals surface area (Å²) in [5.74, 6) is -1.83. The maximum atomic E-state index is 12.6.